The summed E-state index contributed by atoms with van der Waals surface area (Å²) in [5.41, 5.74) is 3.07. The van der Waals surface area contributed by atoms with Gasteiger partial charge in [0.1, 0.15) is 0 Å². The summed E-state index contributed by atoms with van der Waals surface area (Å²) in [7, 11) is -2.24. The first-order valence-corrected chi connectivity index (χ1v) is 13.9. The number of halogens is 1. The van der Waals surface area contributed by atoms with Gasteiger partial charge in [0.15, 0.2) is 0 Å². The number of pyridine rings is 1. The Labute approximate surface area is 223 Å². The Balaban J connectivity index is 1.45. The van der Waals surface area contributed by atoms with E-state index < -0.39 is 21.0 Å². The van der Waals surface area contributed by atoms with E-state index in [1.165, 1.54) is 27.4 Å². The third-order valence-corrected chi connectivity index (χ3v) is 9.18. The molecule has 0 saturated carbocycles. The van der Waals surface area contributed by atoms with Gasteiger partial charge in [-0.25, -0.2) is 13.1 Å². The first kappa shape index (κ1) is 25.1. The van der Waals surface area contributed by atoms with Crippen molar-refractivity contribution in [3.8, 4) is 5.69 Å². The zero-order chi connectivity index (χ0) is 27.4. The molecule has 0 spiro atoms. The van der Waals surface area contributed by atoms with Crippen LogP contribution in [0.15, 0.2) is 83.0 Å². The van der Waals surface area contributed by atoms with Gasteiger partial charge in [0, 0.05) is 43.2 Å². The van der Waals surface area contributed by atoms with Crippen LogP contribution in [0.5, 0.6) is 0 Å². The Morgan fingerprint density at radius 2 is 1.85 bits per heavy atom. The highest BCUT2D eigenvalue weighted by molar-refractivity contribution is 7.89. The molecule has 6 rings (SSSR count). The smallest absolute Gasteiger partial charge is 0.267 e. The van der Waals surface area contributed by atoms with Crippen molar-refractivity contribution in [2.75, 3.05) is 13.1 Å². The minimum absolute atomic E-state index is 0.0206. The molecule has 39 heavy (non-hydrogen) atoms. The Kier molecular flexibility index (Phi) is 5.96. The molecule has 0 radical (unpaired) electrons. The first-order valence-electron chi connectivity index (χ1n) is 12.4. The number of aromatic nitrogens is 6. The molecule has 0 N–H and O–H groups in total. The standard InChI is InChI=1S/C27H26FN7O3S/c1-19-12-24-21(16-30-35(24)22-8-10-34(28)26(36)14-22)13-23(19)27(15-20-6-4-3-5-7-20)9-11-33(18-27)39(37,38)25-17-29-32(2)31-25/h3-8,10,12-14,16-17H,9,11,15,18H2,1-2H3. The average molecular weight is 548 g/mol. The Morgan fingerprint density at radius 3 is 2.56 bits per heavy atom. The van der Waals surface area contributed by atoms with Gasteiger partial charge in [-0.3, -0.25) is 4.79 Å². The summed E-state index contributed by atoms with van der Waals surface area (Å²) in [6.07, 6.45) is 5.32. The predicted molar refractivity (Wildman–Crippen MR) is 143 cm³/mol. The molecule has 2 aromatic carbocycles. The molecule has 12 heteroatoms. The highest BCUT2D eigenvalue weighted by atomic mass is 32.2. The molecule has 1 aliphatic rings. The van der Waals surface area contributed by atoms with Crippen LogP contribution in [0.1, 0.15) is 23.1 Å². The average Bonchev–Trinajstić information content (AvgIpc) is 3.65. The van der Waals surface area contributed by atoms with Crippen LogP contribution in [0.25, 0.3) is 16.6 Å². The maximum absolute atomic E-state index is 13.5. The predicted octanol–water partition coefficient (Wildman–Crippen LogP) is 2.93. The van der Waals surface area contributed by atoms with Crippen molar-refractivity contribution in [3.05, 3.63) is 100 Å². The lowest BCUT2D eigenvalue weighted by Crippen LogP contribution is -2.36. The number of aryl methyl sites for hydroxylation is 2. The molecule has 5 aromatic rings. The second kappa shape index (κ2) is 9.24. The molecule has 0 aliphatic carbocycles. The summed E-state index contributed by atoms with van der Waals surface area (Å²) >= 11 is 0. The molecule has 1 saturated heterocycles. The van der Waals surface area contributed by atoms with Crippen molar-refractivity contribution in [3.63, 3.8) is 0 Å². The minimum Gasteiger partial charge on any atom is -0.267 e. The summed E-state index contributed by atoms with van der Waals surface area (Å²) in [5, 5.41) is 13.2. The largest absolute Gasteiger partial charge is 0.280 e. The van der Waals surface area contributed by atoms with Gasteiger partial charge in [-0.1, -0.05) is 34.8 Å². The topological polar surface area (TPSA) is 108 Å². The molecule has 0 amide bonds. The van der Waals surface area contributed by atoms with Crippen LogP contribution in [-0.4, -0.2) is 55.4 Å². The van der Waals surface area contributed by atoms with Crippen LogP contribution in [-0.2, 0) is 28.9 Å². The minimum atomic E-state index is -3.82. The van der Waals surface area contributed by atoms with Gasteiger partial charge >= 0.3 is 0 Å². The van der Waals surface area contributed by atoms with Crippen molar-refractivity contribution in [2.45, 2.75) is 30.2 Å². The Hall–Kier alpha value is -4.16. The molecule has 1 unspecified atom stereocenters. The maximum Gasteiger partial charge on any atom is 0.280 e. The molecule has 10 nitrogen and oxygen atoms in total. The molecule has 1 fully saturated rings. The lowest BCUT2D eigenvalue weighted by molar-refractivity contribution is 0.352. The van der Waals surface area contributed by atoms with Crippen LogP contribution >= 0.6 is 0 Å². The number of nitrogens with zero attached hydrogens (tertiary/aromatic N) is 7. The van der Waals surface area contributed by atoms with Crippen LogP contribution in [0.2, 0.25) is 0 Å². The van der Waals surface area contributed by atoms with E-state index in [0.29, 0.717) is 25.1 Å². The SMILES string of the molecule is Cc1cc2c(cnn2-c2ccn(F)c(=O)c2)cc1C1(Cc2ccccc2)CCN(S(=O)(=O)c2cnn(C)n2)C1. The van der Waals surface area contributed by atoms with E-state index in [4.69, 9.17) is 0 Å². The first-order chi connectivity index (χ1) is 18.7. The van der Waals surface area contributed by atoms with Crippen molar-refractivity contribution in [2.24, 2.45) is 7.05 Å². The Bertz CT molecular complexity index is 1860. The van der Waals surface area contributed by atoms with E-state index in [1.807, 2.05) is 31.2 Å². The molecular weight excluding hydrogens is 521 g/mol. The third kappa shape index (κ3) is 4.35. The van der Waals surface area contributed by atoms with E-state index in [-0.39, 0.29) is 16.4 Å². The summed E-state index contributed by atoms with van der Waals surface area (Å²) < 4.78 is 43.6. The Morgan fingerprint density at radius 1 is 1.05 bits per heavy atom. The highest BCUT2D eigenvalue weighted by Gasteiger charge is 2.45. The van der Waals surface area contributed by atoms with Crippen LogP contribution in [0.3, 0.4) is 0 Å². The summed E-state index contributed by atoms with van der Waals surface area (Å²) in [4.78, 5) is 13.1. The fourth-order valence-corrected chi connectivity index (χ4v) is 7.02. The fraction of sp³-hybridized carbons (Fsp3) is 0.259. The molecule has 0 bridgehead atoms. The molecule has 3 aromatic heterocycles. The molecule has 1 atom stereocenters. The number of benzene rings is 2. The number of sulfonamides is 1. The van der Waals surface area contributed by atoms with Gasteiger partial charge in [-0.15, -0.1) is 9.89 Å². The quantitative estimate of drug-likeness (QED) is 0.324. The second-order valence-electron chi connectivity index (χ2n) is 10.0. The number of rotatable bonds is 6. The zero-order valence-electron chi connectivity index (χ0n) is 21.4. The number of fused-ring (bicyclic) bond motifs is 1. The van der Waals surface area contributed by atoms with Crippen LogP contribution in [0, 0.1) is 6.92 Å². The monoisotopic (exact) mass is 547 g/mol. The molecular formula is C27H26FN7O3S. The van der Waals surface area contributed by atoms with E-state index in [9.17, 15) is 17.7 Å². The van der Waals surface area contributed by atoms with Crippen molar-refractivity contribution < 1.29 is 12.9 Å². The molecule has 4 heterocycles. The van der Waals surface area contributed by atoms with Gasteiger partial charge < -0.3 is 0 Å². The summed E-state index contributed by atoms with van der Waals surface area (Å²) in [5.74, 6) is 0. The van der Waals surface area contributed by atoms with E-state index in [0.717, 1.165) is 33.8 Å². The number of hydrogen-bond donors (Lipinski definition) is 0. The van der Waals surface area contributed by atoms with Crippen molar-refractivity contribution >= 4 is 20.9 Å². The normalized spacial score (nSPS) is 18.2. The van der Waals surface area contributed by atoms with Gasteiger partial charge in [0.05, 0.1) is 23.6 Å². The van der Waals surface area contributed by atoms with E-state index >= 15 is 0 Å². The third-order valence-electron chi connectivity index (χ3n) is 7.48. The van der Waals surface area contributed by atoms with Crippen LogP contribution < -0.4 is 5.56 Å². The van der Waals surface area contributed by atoms with Crippen molar-refractivity contribution in [1.82, 2.24) is 33.9 Å². The van der Waals surface area contributed by atoms with E-state index in [2.05, 4.69) is 33.5 Å². The fourth-order valence-electron chi connectivity index (χ4n) is 5.60. The highest BCUT2D eigenvalue weighted by Crippen LogP contribution is 2.42. The summed E-state index contributed by atoms with van der Waals surface area (Å²) in [6, 6.07) is 16.8. The second-order valence-corrected chi connectivity index (χ2v) is 11.9. The number of hydrogen-bond acceptors (Lipinski definition) is 6. The lowest BCUT2D eigenvalue weighted by atomic mass is 9.73. The van der Waals surface area contributed by atoms with Gasteiger partial charge in [0.25, 0.3) is 15.6 Å². The lowest BCUT2D eigenvalue weighted by Gasteiger charge is -2.32. The van der Waals surface area contributed by atoms with E-state index in [1.54, 1.807) is 17.9 Å². The molecule has 1 aliphatic heterocycles. The van der Waals surface area contributed by atoms with Gasteiger partial charge in [-0.05, 0) is 54.7 Å². The zero-order valence-corrected chi connectivity index (χ0v) is 22.2. The van der Waals surface area contributed by atoms with Crippen LogP contribution in [0.4, 0.5) is 4.48 Å². The van der Waals surface area contributed by atoms with Gasteiger partial charge in [-0.2, -0.15) is 19.3 Å². The maximum atomic E-state index is 13.5. The summed E-state index contributed by atoms with van der Waals surface area (Å²) in [6.45, 7) is 2.64. The van der Waals surface area contributed by atoms with Crippen molar-refractivity contribution in [1.29, 1.82) is 0 Å². The van der Waals surface area contributed by atoms with Gasteiger partial charge in [0.2, 0.25) is 5.03 Å². The molecule has 200 valence electrons.